The van der Waals surface area contributed by atoms with Gasteiger partial charge in [-0.1, -0.05) is 17.7 Å². The van der Waals surface area contributed by atoms with Gasteiger partial charge in [-0.3, -0.25) is 0 Å². The Morgan fingerprint density at radius 3 is 2.62 bits per heavy atom. The van der Waals surface area contributed by atoms with Gasteiger partial charge in [-0.15, -0.1) is 0 Å². The van der Waals surface area contributed by atoms with Gasteiger partial charge in [-0.05, 0) is 28.1 Å². The smallest absolute Gasteiger partial charge is 0.335 e. The second-order valence-corrected chi connectivity index (χ2v) is 7.17. The Hall–Kier alpha value is -1.20. The van der Waals surface area contributed by atoms with E-state index in [2.05, 4.69) is 20.9 Å². The van der Waals surface area contributed by atoms with Gasteiger partial charge in [0, 0.05) is 27.7 Å². The van der Waals surface area contributed by atoms with Crippen LogP contribution in [0.1, 0.15) is 5.56 Å². The van der Waals surface area contributed by atoms with Crippen LogP contribution in [-0.2, 0) is 15.3 Å². The zero-order chi connectivity index (χ0) is 17.9. The second-order valence-electron chi connectivity index (χ2n) is 5.52. The summed E-state index contributed by atoms with van der Waals surface area (Å²) in [6.45, 7) is 0. The number of carbonyl (C=O) groups is 1. The first kappa shape index (κ1) is 17.6. The molecule has 1 fully saturated rings. The fraction of sp³-hybridized carbons (Fsp3) is 0.357. The number of rotatable bonds is 2. The number of carboxylic acid groups (broad SMARTS) is 1. The van der Waals surface area contributed by atoms with Crippen LogP contribution in [-0.4, -0.2) is 59.3 Å². The number of halogens is 2. The molecule has 0 amide bonds. The first-order chi connectivity index (χ1) is 11.1. The molecule has 24 heavy (non-hydrogen) atoms. The summed E-state index contributed by atoms with van der Waals surface area (Å²) in [5, 5.41) is 51.3. The molecule has 0 radical (unpaired) electrons. The van der Waals surface area contributed by atoms with Crippen molar-refractivity contribution < 1.29 is 35.1 Å². The lowest BCUT2D eigenvalue weighted by molar-refractivity contribution is -0.359. The summed E-state index contributed by atoms with van der Waals surface area (Å²) in [7, 11) is 0. The molecular weight excluding hydrogens is 410 g/mol. The molecule has 0 bridgehead atoms. The molecule has 1 aliphatic rings. The molecule has 8 nitrogen and oxygen atoms in total. The first-order valence-corrected chi connectivity index (χ1v) is 7.94. The second kappa shape index (κ2) is 5.67. The number of aliphatic hydroxyl groups is 4. The van der Waals surface area contributed by atoms with Crippen molar-refractivity contribution in [1.82, 2.24) is 4.98 Å². The van der Waals surface area contributed by atoms with Gasteiger partial charge in [0.15, 0.2) is 6.10 Å². The number of aromatic amines is 1. The molecule has 3 rings (SSSR count). The Labute approximate surface area is 148 Å². The zero-order valence-corrected chi connectivity index (χ0v) is 14.2. The Morgan fingerprint density at radius 2 is 2.00 bits per heavy atom. The molecule has 0 spiro atoms. The highest BCUT2D eigenvalue weighted by Crippen LogP contribution is 2.49. The van der Waals surface area contributed by atoms with E-state index in [0.29, 0.717) is 15.9 Å². The molecule has 0 aliphatic carbocycles. The number of H-pyrrole nitrogens is 1. The van der Waals surface area contributed by atoms with E-state index in [9.17, 15) is 25.2 Å². The Balaban J connectivity index is 2.19. The zero-order valence-electron chi connectivity index (χ0n) is 11.8. The standard InChI is InChI=1S/C14H13BrClNO7/c15-13(22)11(19)9(18)10(12(20)21)24-14(13,23)7-4-17-8-3-5(16)1-2-6(7)8/h1-4,9-11,17-19,22-23H,(H,20,21)/t9-,10+,11+,13-,14-/m1/s1. The summed E-state index contributed by atoms with van der Waals surface area (Å²) >= 11 is 8.65. The van der Waals surface area contributed by atoms with Crippen LogP contribution in [0.2, 0.25) is 5.02 Å². The maximum absolute atomic E-state index is 11.3. The van der Waals surface area contributed by atoms with Gasteiger partial charge in [-0.2, -0.15) is 0 Å². The van der Waals surface area contributed by atoms with Crippen molar-refractivity contribution in [3.63, 3.8) is 0 Å². The van der Waals surface area contributed by atoms with Crippen LogP contribution >= 0.6 is 27.5 Å². The van der Waals surface area contributed by atoms with Crippen molar-refractivity contribution in [2.24, 2.45) is 0 Å². The molecule has 2 heterocycles. The average Bonchev–Trinajstić information content (AvgIpc) is 2.92. The Kier molecular flexibility index (Phi) is 4.16. The summed E-state index contributed by atoms with van der Waals surface area (Å²) in [5.41, 5.74) is 0.455. The molecule has 5 atom stereocenters. The van der Waals surface area contributed by atoms with E-state index in [1.165, 1.54) is 18.3 Å². The summed E-state index contributed by atoms with van der Waals surface area (Å²) < 4.78 is 2.54. The quantitative estimate of drug-likeness (QED) is 0.381. The fourth-order valence-corrected chi connectivity index (χ4v) is 3.51. The van der Waals surface area contributed by atoms with Crippen LogP contribution in [0.3, 0.4) is 0 Å². The van der Waals surface area contributed by atoms with Gasteiger partial charge >= 0.3 is 5.97 Å². The molecule has 6 N–H and O–H groups in total. The molecular formula is C14H13BrClNO7. The van der Waals surface area contributed by atoms with Gasteiger partial charge in [0.05, 0.1) is 0 Å². The Morgan fingerprint density at radius 1 is 1.33 bits per heavy atom. The number of aliphatic hydroxyl groups excluding tert-OH is 2. The number of benzene rings is 1. The molecule has 130 valence electrons. The van der Waals surface area contributed by atoms with Crippen molar-refractivity contribution in [3.05, 3.63) is 35.0 Å². The van der Waals surface area contributed by atoms with Crippen molar-refractivity contribution in [2.45, 2.75) is 28.6 Å². The van der Waals surface area contributed by atoms with Gasteiger partial charge in [-0.25, -0.2) is 4.79 Å². The summed E-state index contributed by atoms with van der Waals surface area (Å²) in [6, 6.07) is 4.61. The highest BCUT2D eigenvalue weighted by atomic mass is 79.9. The van der Waals surface area contributed by atoms with E-state index in [1.807, 2.05) is 0 Å². The highest BCUT2D eigenvalue weighted by molar-refractivity contribution is 9.10. The lowest BCUT2D eigenvalue weighted by Gasteiger charge is -2.49. The van der Waals surface area contributed by atoms with E-state index < -0.39 is 34.6 Å². The van der Waals surface area contributed by atoms with Crippen LogP contribution < -0.4 is 0 Å². The van der Waals surface area contributed by atoms with Crippen molar-refractivity contribution in [2.75, 3.05) is 0 Å². The highest BCUT2D eigenvalue weighted by Gasteiger charge is 2.65. The first-order valence-electron chi connectivity index (χ1n) is 6.77. The van der Waals surface area contributed by atoms with E-state index in [-0.39, 0.29) is 5.56 Å². The number of ether oxygens (including phenoxy) is 1. The van der Waals surface area contributed by atoms with Gasteiger partial charge in [0.25, 0.3) is 0 Å². The van der Waals surface area contributed by atoms with Gasteiger partial charge in [0.1, 0.15) is 12.2 Å². The predicted octanol–water partition coefficient (Wildman–Crippen LogP) is 0.255. The van der Waals surface area contributed by atoms with Gasteiger partial charge in [0.2, 0.25) is 10.3 Å². The normalized spacial score (nSPS) is 36.8. The molecule has 1 aromatic carbocycles. The topological polar surface area (TPSA) is 143 Å². The maximum Gasteiger partial charge on any atom is 0.335 e. The molecule has 1 aliphatic heterocycles. The SMILES string of the molecule is O=C(O)[C@H]1O[C@](O)(c2c[nH]c3cc(Cl)ccc23)[C@@](O)(Br)[C@@H](O)[C@@H]1O. The maximum atomic E-state index is 11.3. The minimum Gasteiger partial charge on any atom is -0.479 e. The average molecular weight is 423 g/mol. The predicted molar refractivity (Wildman–Crippen MR) is 85.6 cm³/mol. The number of fused-ring (bicyclic) bond motifs is 1. The van der Waals surface area contributed by atoms with Crippen molar-refractivity contribution >= 4 is 44.4 Å². The fourth-order valence-electron chi connectivity index (χ4n) is 2.76. The lowest BCUT2D eigenvalue weighted by atomic mass is 9.87. The molecule has 0 unspecified atom stereocenters. The lowest BCUT2D eigenvalue weighted by Crippen LogP contribution is -2.69. The number of alkyl halides is 1. The minimum atomic E-state index is -2.67. The molecule has 0 saturated carbocycles. The summed E-state index contributed by atoms with van der Waals surface area (Å²) in [6.07, 6.45) is -4.68. The van der Waals surface area contributed by atoms with Crippen LogP contribution in [0.15, 0.2) is 24.4 Å². The van der Waals surface area contributed by atoms with E-state index in [1.54, 1.807) is 6.07 Å². The van der Waals surface area contributed by atoms with Crippen molar-refractivity contribution in [1.29, 1.82) is 0 Å². The van der Waals surface area contributed by atoms with Crippen LogP contribution in [0, 0.1) is 0 Å². The summed E-state index contributed by atoms with van der Waals surface area (Å²) in [5.74, 6) is -4.27. The molecule has 1 aromatic heterocycles. The van der Waals surface area contributed by atoms with E-state index in [0.717, 1.165) is 0 Å². The van der Waals surface area contributed by atoms with Gasteiger partial charge < -0.3 is 35.3 Å². The number of nitrogens with one attached hydrogen (secondary N) is 1. The van der Waals surface area contributed by atoms with Crippen LogP contribution in [0.5, 0.6) is 0 Å². The third-order valence-corrected chi connectivity index (χ3v) is 5.29. The largest absolute Gasteiger partial charge is 0.479 e. The van der Waals surface area contributed by atoms with E-state index in [4.69, 9.17) is 21.4 Å². The number of aromatic nitrogens is 1. The molecule has 10 heteroatoms. The monoisotopic (exact) mass is 421 g/mol. The minimum absolute atomic E-state index is 0.0364. The number of hydrogen-bond acceptors (Lipinski definition) is 6. The Bertz CT molecular complexity index is 810. The number of hydrogen-bond donors (Lipinski definition) is 6. The molecule has 1 saturated heterocycles. The third-order valence-electron chi connectivity index (χ3n) is 4.05. The number of aliphatic carboxylic acids is 1. The van der Waals surface area contributed by atoms with E-state index >= 15 is 0 Å². The summed E-state index contributed by atoms with van der Waals surface area (Å²) in [4.78, 5) is 14.1. The van der Waals surface area contributed by atoms with Crippen molar-refractivity contribution in [3.8, 4) is 0 Å². The number of carboxylic acids is 1. The third kappa shape index (κ3) is 2.36. The van der Waals surface area contributed by atoms with Crippen LogP contribution in [0.25, 0.3) is 10.9 Å². The molecule has 2 aromatic rings. The van der Waals surface area contributed by atoms with Crippen LogP contribution in [0.4, 0.5) is 0 Å².